The maximum absolute atomic E-state index is 10.9. The quantitative estimate of drug-likeness (QED) is 0.199. The summed E-state index contributed by atoms with van der Waals surface area (Å²) in [5.74, 6) is 5.17. The fourth-order valence-electron chi connectivity index (χ4n) is 1.04. The highest BCUT2D eigenvalue weighted by Gasteiger charge is 2.08. The van der Waals surface area contributed by atoms with Crippen LogP contribution in [0.5, 0.6) is 0 Å². The number of amidine groups is 1. The Morgan fingerprint density at radius 1 is 1.47 bits per heavy atom. The Balaban J connectivity index is 3.29. The fourth-order valence-corrected chi connectivity index (χ4v) is 1.57. The molecule has 1 atom stereocenters. The van der Waals surface area contributed by atoms with Crippen LogP contribution in [-0.4, -0.2) is 21.6 Å². The van der Waals surface area contributed by atoms with E-state index in [-0.39, 0.29) is 10.7 Å². The minimum Gasteiger partial charge on any atom is -0.768 e. The predicted octanol–water partition coefficient (Wildman–Crippen LogP) is 0.627. The lowest BCUT2D eigenvalue weighted by molar-refractivity contribution is 0.537. The van der Waals surface area contributed by atoms with Crippen LogP contribution in [0.4, 0.5) is 0 Å². The van der Waals surface area contributed by atoms with Crippen molar-refractivity contribution < 1.29 is 8.76 Å². The number of hydrogen-bond donors (Lipinski definition) is 1. The molecule has 0 bridgehead atoms. The van der Waals surface area contributed by atoms with Crippen LogP contribution in [-0.2, 0) is 11.1 Å². The summed E-state index contributed by atoms with van der Waals surface area (Å²) in [5.41, 5.74) is 0.332. The highest BCUT2D eigenvalue weighted by molar-refractivity contribution is 7.79. The minimum atomic E-state index is -2.35. The highest BCUT2D eigenvalue weighted by atomic mass is 32.2. The van der Waals surface area contributed by atoms with Gasteiger partial charge < -0.3 is 10.4 Å². The summed E-state index contributed by atoms with van der Waals surface area (Å²) in [6, 6.07) is 6.27. The van der Waals surface area contributed by atoms with Gasteiger partial charge in [-0.1, -0.05) is 12.1 Å². The first-order chi connectivity index (χ1) is 7.20. The molecule has 2 N–H and O–H groups in total. The van der Waals surface area contributed by atoms with Crippen molar-refractivity contribution in [2.75, 3.05) is 7.05 Å². The molecule has 0 fully saturated rings. The van der Waals surface area contributed by atoms with Gasteiger partial charge in [0.1, 0.15) is 0 Å². The van der Waals surface area contributed by atoms with Crippen molar-refractivity contribution in [3.8, 4) is 0 Å². The third kappa shape index (κ3) is 2.67. The number of hydrazone groups is 1. The third-order valence-electron chi connectivity index (χ3n) is 1.62. The molecule has 0 saturated carbocycles. The Morgan fingerprint density at radius 3 is 2.67 bits per heavy atom. The number of nitrogens with zero attached hydrogens (tertiary/aromatic N) is 3. The van der Waals surface area contributed by atoms with E-state index in [1.807, 2.05) is 0 Å². The zero-order valence-electron chi connectivity index (χ0n) is 7.95. The molecule has 15 heavy (non-hydrogen) atoms. The number of hydrogen-bond acceptors (Lipinski definition) is 5. The molecule has 80 valence electrons. The summed E-state index contributed by atoms with van der Waals surface area (Å²) >= 11 is -2.35. The third-order valence-corrected chi connectivity index (χ3v) is 2.34. The maximum Gasteiger partial charge on any atom is 0.201 e. The number of benzene rings is 1. The Labute approximate surface area is 89.2 Å². The molecule has 0 radical (unpaired) electrons. The average molecular weight is 225 g/mol. The van der Waals surface area contributed by atoms with Crippen molar-refractivity contribution in [2.24, 2.45) is 21.2 Å². The molecule has 0 aliphatic heterocycles. The molecule has 0 saturated heterocycles. The van der Waals surface area contributed by atoms with Crippen LogP contribution in [0.1, 0.15) is 5.56 Å². The topological polar surface area (TPSA) is 103 Å². The second-order valence-corrected chi connectivity index (χ2v) is 3.39. The van der Waals surface area contributed by atoms with Gasteiger partial charge in [0.2, 0.25) is 5.84 Å². The lowest BCUT2D eigenvalue weighted by atomic mass is 10.2. The Kier molecular flexibility index (Phi) is 4.07. The van der Waals surface area contributed by atoms with Crippen LogP contribution < -0.4 is 5.84 Å². The Bertz CT molecular complexity index is 430. The van der Waals surface area contributed by atoms with E-state index in [1.54, 1.807) is 18.2 Å². The molecule has 0 spiro atoms. The van der Waals surface area contributed by atoms with E-state index < -0.39 is 11.1 Å². The van der Waals surface area contributed by atoms with Gasteiger partial charge in [-0.2, -0.15) is 10.2 Å². The van der Waals surface area contributed by atoms with E-state index in [4.69, 9.17) is 5.84 Å². The standard InChI is InChI=1S/C8H10N4O2S/c1-10-12-8(11-9)6-4-2-3-5-7(6)15(13)14/h2-5H,9H2,1H3,(H,13,14)/p-1. The van der Waals surface area contributed by atoms with Crippen molar-refractivity contribution in [1.29, 1.82) is 0 Å². The normalized spacial score (nSPS) is 14.4. The highest BCUT2D eigenvalue weighted by Crippen LogP contribution is 2.13. The lowest BCUT2D eigenvalue weighted by Gasteiger charge is -2.09. The molecule has 1 rings (SSSR count). The summed E-state index contributed by atoms with van der Waals surface area (Å²) < 4.78 is 21.8. The lowest BCUT2D eigenvalue weighted by Crippen LogP contribution is -2.05. The maximum atomic E-state index is 10.9. The van der Waals surface area contributed by atoms with Crippen LogP contribution in [0, 0.1) is 0 Å². The monoisotopic (exact) mass is 225 g/mol. The molecule has 0 aliphatic rings. The summed E-state index contributed by atoms with van der Waals surface area (Å²) in [6.45, 7) is 0. The van der Waals surface area contributed by atoms with E-state index in [0.717, 1.165) is 0 Å². The number of nitrogens with two attached hydrogens (primary N) is 1. The molecule has 1 aromatic rings. The van der Waals surface area contributed by atoms with Gasteiger partial charge in [0.15, 0.2) is 0 Å². The predicted molar refractivity (Wildman–Crippen MR) is 55.1 cm³/mol. The van der Waals surface area contributed by atoms with Gasteiger partial charge >= 0.3 is 0 Å². The average Bonchev–Trinajstić information content (AvgIpc) is 2.26. The molecular weight excluding hydrogens is 216 g/mol. The molecular formula is C8H9N4O2S-. The summed E-state index contributed by atoms with van der Waals surface area (Å²) in [7, 11) is 1.45. The zero-order chi connectivity index (χ0) is 11.3. The molecule has 7 heteroatoms. The van der Waals surface area contributed by atoms with Gasteiger partial charge in [-0.15, -0.1) is 5.11 Å². The minimum absolute atomic E-state index is 0.0808. The van der Waals surface area contributed by atoms with E-state index in [9.17, 15) is 8.76 Å². The van der Waals surface area contributed by atoms with Crippen molar-refractivity contribution in [1.82, 2.24) is 0 Å². The van der Waals surface area contributed by atoms with E-state index >= 15 is 0 Å². The van der Waals surface area contributed by atoms with Gasteiger partial charge in [-0.05, 0) is 23.2 Å². The molecule has 1 unspecified atom stereocenters. The number of azo groups is 1. The second-order valence-electron chi connectivity index (χ2n) is 2.48. The van der Waals surface area contributed by atoms with Crippen molar-refractivity contribution in [3.63, 3.8) is 0 Å². The Hall–Kier alpha value is -1.60. The van der Waals surface area contributed by atoms with Crippen LogP contribution in [0.2, 0.25) is 0 Å². The zero-order valence-corrected chi connectivity index (χ0v) is 8.77. The molecule has 1 aromatic carbocycles. The fraction of sp³-hybridized carbons (Fsp3) is 0.125. The summed E-state index contributed by atoms with van der Waals surface area (Å²) in [5, 5.41) is 10.5. The Morgan fingerprint density at radius 2 is 2.13 bits per heavy atom. The van der Waals surface area contributed by atoms with Crippen molar-refractivity contribution in [2.45, 2.75) is 4.90 Å². The largest absolute Gasteiger partial charge is 0.768 e. The first-order valence-electron chi connectivity index (χ1n) is 3.97. The van der Waals surface area contributed by atoms with E-state index in [1.165, 1.54) is 13.1 Å². The SMILES string of the molecule is CN=NC(=NN)c1ccccc1S(=O)[O-]. The molecule has 6 nitrogen and oxygen atoms in total. The van der Waals surface area contributed by atoms with Crippen molar-refractivity contribution >= 4 is 16.9 Å². The van der Waals surface area contributed by atoms with Crippen LogP contribution >= 0.6 is 0 Å². The van der Waals surface area contributed by atoms with Crippen LogP contribution in [0.15, 0.2) is 44.5 Å². The van der Waals surface area contributed by atoms with Crippen molar-refractivity contribution in [3.05, 3.63) is 29.8 Å². The van der Waals surface area contributed by atoms with Gasteiger partial charge in [0.05, 0.1) is 0 Å². The van der Waals surface area contributed by atoms with Crippen LogP contribution in [0.25, 0.3) is 0 Å². The van der Waals surface area contributed by atoms with Gasteiger partial charge in [0.25, 0.3) is 0 Å². The number of rotatable bonds is 2. The van der Waals surface area contributed by atoms with E-state index in [0.29, 0.717) is 5.56 Å². The van der Waals surface area contributed by atoms with Crippen LogP contribution in [0.3, 0.4) is 0 Å². The second kappa shape index (κ2) is 5.32. The van der Waals surface area contributed by atoms with E-state index in [2.05, 4.69) is 15.3 Å². The van der Waals surface area contributed by atoms with Gasteiger partial charge in [-0.25, -0.2) is 0 Å². The molecule has 0 amide bonds. The first-order valence-corrected chi connectivity index (χ1v) is 5.04. The molecule has 0 heterocycles. The summed E-state index contributed by atoms with van der Waals surface area (Å²) in [4.78, 5) is 0.0918. The smallest absolute Gasteiger partial charge is 0.201 e. The summed E-state index contributed by atoms with van der Waals surface area (Å²) in [6.07, 6.45) is 0. The molecule has 0 aliphatic carbocycles. The van der Waals surface area contributed by atoms with Gasteiger partial charge in [-0.3, -0.25) is 4.21 Å². The van der Waals surface area contributed by atoms with Gasteiger partial charge in [0, 0.05) is 17.5 Å². The first kappa shape index (κ1) is 11.5. The molecule has 0 aromatic heterocycles.